The van der Waals surface area contributed by atoms with Gasteiger partial charge in [-0.3, -0.25) is 4.79 Å². The van der Waals surface area contributed by atoms with Crippen LogP contribution in [0.5, 0.6) is 5.75 Å². The van der Waals surface area contributed by atoms with E-state index in [1.807, 2.05) is 19.1 Å². The molecule has 0 aliphatic carbocycles. The number of rotatable bonds is 6. The van der Waals surface area contributed by atoms with Crippen molar-refractivity contribution in [2.24, 2.45) is 0 Å². The number of hydrogen-bond donors (Lipinski definition) is 0. The third-order valence-corrected chi connectivity index (χ3v) is 6.16. The molecule has 2 aromatic rings. The lowest BCUT2D eigenvalue weighted by atomic mass is 9.71. The Labute approximate surface area is 180 Å². The number of benzene rings is 1. The van der Waals surface area contributed by atoms with Crippen LogP contribution >= 0.6 is 0 Å². The normalized spacial score (nSPS) is 14.1. The highest BCUT2D eigenvalue weighted by Crippen LogP contribution is 2.44. The molecular weight excluding hydrogens is 374 g/mol. The first kappa shape index (κ1) is 21.9. The van der Waals surface area contributed by atoms with Crippen molar-refractivity contribution in [3.05, 3.63) is 58.4 Å². The number of carbonyl (C=O) groups is 1. The van der Waals surface area contributed by atoms with Crippen LogP contribution in [-0.2, 0) is 21.4 Å². The minimum atomic E-state index is -0.177. The number of hydrogen-bond acceptors (Lipinski definition) is 4. The summed E-state index contributed by atoms with van der Waals surface area (Å²) in [4.78, 5) is 15.9. The third kappa shape index (κ3) is 4.84. The smallest absolute Gasteiger partial charge is 0.306 e. The lowest BCUT2D eigenvalue weighted by molar-refractivity contribution is -0.143. The molecule has 4 nitrogen and oxygen atoms in total. The molecule has 0 radical (unpaired) electrons. The summed E-state index contributed by atoms with van der Waals surface area (Å²) in [6.07, 6.45) is 6.04. The molecule has 2 heterocycles. The van der Waals surface area contributed by atoms with Gasteiger partial charge in [0, 0.05) is 29.2 Å². The molecule has 3 rings (SSSR count). The second-order valence-corrected chi connectivity index (χ2v) is 7.86. The zero-order valence-electron chi connectivity index (χ0n) is 18.5. The van der Waals surface area contributed by atoms with Crippen molar-refractivity contribution in [1.29, 1.82) is 0 Å². The van der Waals surface area contributed by atoms with Gasteiger partial charge in [0.2, 0.25) is 0 Å². The van der Waals surface area contributed by atoms with Gasteiger partial charge in [0.05, 0.1) is 13.2 Å². The molecule has 0 amide bonds. The molecule has 0 N–H and O–H groups in total. The minimum Gasteiger partial charge on any atom is -0.493 e. The van der Waals surface area contributed by atoms with Crippen molar-refractivity contribution in [2.75, 3.05) is 13.2 Å². The Morgan fingerprint density at radius 2 is 2.00 bits per heavy atom. The zero-order chi connectivity index (χ0) is 21.6. The molecule has 0 bridgehead atoms. The SMILES string of the molecule is CCOC(=O)CCc1ccc(C#Cc2cc3c(cc2C)OCCC3(CC)CC)nc1. The first-order chi connectivity index (χ1) is 14.5. The number of pyridine rings is 1. The highest BCUT2D eigenvalue weighted by Gasteiger charge is 2.35. The average Bonchev–Trinajstić information content (AvgIpc) is 2.76. The van der Waals surface area contributed by atoms with Crippen molar-refractivity contribution >= 4 is 5.97 Å². The quantitative estimate of drug-likeness (QED) is 0.494. The summed E-state index contributed by atoms with van der Waals surface area (Å²) in [6.45, 7) is 9.61. The number of carbonyl (C=O) groups excluding carboxylic acids is 1. The molecule has 30 heavy (non-hydrogen) atoms. The van der Waals surface area contributed by atoms with Crippen LogP contribution in [0, 0.1) is 18.8 Å². The van der Waals surface area contributed by atoms with Crippen LogP contribution in [0.4, 0.5) is 0 Å². The Hall–Kier alpha value is -2.80. The van der Waals surface area contributed by atoms with Gasteiger partial charge in [-0.25, -0.2) is 4.98 Å². The molecule has 0 atom stereocenters. The molecule has 0 unspecified atom stereocenters. The van der Waals surface area contributed by atoms with E-state index in [1.54, 1.807) is 6.20 Å². The van der Waals surface area contributed by atoms with Crippen molar-refractivity contribution < 1.29 is 14.3 Å². The number of ether oxygens (including phenoxy) is 2. The fourth-order valence-electron chi connectivity index (χ4n) is 4.08. The Bertz CT molecular complexity index is 947. The first-order valence-corrected chi connectivity index (χ1v) is 10.9. The molecule has 0 saturated carbocycles. The number of aromatic nitrogens is 1. The molecule has 1 aromatic carbocycles. The molecule has 0 spiro atoms. The summed E-state index contributed by atoms with van der Waals surface area (Å²) < 4.78 is 10.9. The fraction of sp³-hybridized carbons (Fsp3) is 0.462. The van der Waals surface area contributed by atoms with E-state index in [0.717, 1.165) is 54.0 Å². The van der Waals surface area contributed by atoms with Crippen molar-refractivity contribution in [3.63, 3.8) is 0 Å². The van der Waals surface area contributed by atoms with Crippen LogP contribution in [0.15, 0.2) is 30.5 Å². The second kappa shape index (κ2) is 9.80. The maximum atomic E-state index is 11.5. The minimum absolute atomic E-state index is 0.177. The molecule has 0 saturated heterocycles. The molecule has 1 aliphatic rings. The Morgan fingerprint density at radius 1 is 1.20 bits per heavy atom. The fourth-order valence-corrected chi connectivity index (χ4v) is 4.08. The van der Waals surface area contributed by atoms with Gasteiger partial charge in [0.1, 0.15) is 11.4 Å². The van der Waals surface area contributed by atoms with Gasteiger partial charge in [-0.15, -0.1) is 0 Å². The maximum Gasteiger partial charge on any atom is 0.306 e. The predicted molar refractivity (Wildman–Crippen MR) is 119 cm³/mol. The van der Waals surface area contributed by atoms with Crippen LogP contribution in [0.1, 0.15) is 74.4 Å². The summed E-state index contributed by atoms with van der Waals surface area (Å²) in [5.41, 5.74) is 5.34. The molecule has 0 fully saturated rings. The standard InChI is InChI=1S/C26H31NO3/c1-5-26(6-2)14-15-30-24-16-19(4)21(17-23(24)26)10-12-22-11-8-20(18-27-22)9-13-25(28)29-7-3/h8,11,16-18H,5-7,9,13-15H2,1-4H3. The lowest BCUT2D eigenvalue weighted by Crippen LogP contribution is -2.32. The van der Waals surface area contributed by atoms with Crippen LogP contribution in [0.2, 0.25) is 0 Å². The topological polar surface area (TPSA) is 48.4 Å². The van der Waals surface area contributed by atoms with Crippen molar-refractivity contribution in [3.8, 4) is 17.6 Å². The van der Waals surface area contributed by atoms with Crippen molar-refractivity contribution in [1.82, 2.24) is 4.98 Å². The van der Waals surface area contributed by atoms with Gasteiger partial charge in [0.25, 0.3) is 0 Å². The largest absolute Gasteiger partial charge is 0.493 e. The Balaban J connectivity index is 1.79. The first-order valence-electron chi connectivity index (χ1n) is 10.9. The van der Waals surface area contributed by atoms with Gasteiger partial charge in [-0.1, -0.05) is 25.8 Å². The Kier molecular flexibility index (Phi) is 7.15. The molecule has 1 aliphatic heterocycles. The number of aryl methyl sites for hydroxylation is 2. The Morgan fingerprint density at radius 3 is 2.67 bits per heavy atom. The van der Waals surface area contributed by atoms with Gasteiger partial charge < -0.3 is 9.47 Å². The number of nitrogens with zero attached hydrogens (tertiary/aromatic N) is 1. The highest BCUT2D eigenvalue weighted by atomic mass is 16.5. The molecule has 1 aromatic heterocycles. The summed E-state index contributed by atoms with van der Waals surface area (Å²) in [5, 5.41) is 0. The van der Waals surface area contributed by atoms with E-state index in [4.69, 9.17) is 9.47 Å². The average molecular weight is 406 g/mol. The second-order valence-electron chi connectivity index (χ2n) is 7.86. The van der Waals surface area contributed by atoms with E-state index in [-0.39, 0.29) is 11.4 Å². The van der Waals surface area contributed by atoms with E-state index < -0.39 is 0 Å². The van der Waals surface area contributed by atoms with Gasteiger partial charge in [-0.2, -0.15) is 0 Å². The van der Waals surface area contributed by atoms with Crippen LogP contribution in [0.25, 0.3) is 0 Å². The van der Waals surface area contributed by atoms with Gasteiger partial charge in [-0.05, 0) is 74.8 Å². The summed E-state index contributed by atoms with van der Waals surface area (Å²) >= 11 is 0. The van der Waals surface area contributed by atoms with Gasteiger partial charge in [0.15, 0.2) is 0 Å². The molecule has 158 valence electrons. The van der Waals surface area contributed by atoms with E-state index in [1.165, 1.54) is 5.56 Å². The van der Waals surface area contributed by atoms with E-state index >= 15 is 0 Å². The highest BCUT2D eigenvalue weighted by molar-refractivity contribution is 5.69. The monoisotopic (exact) mass is 405 g/mol. The van der Waals surface area contributed by atoms with E-state index in [2.05, 4.69) is 49.7 Å². The predicted octanol–water partition coefficient (Wildman–Crippen LogP) is 5.13. The lowest BCUT2D eigenvalue weighted by Gasteiger charge is -2.38. The third-order valence-electron chi connectivity index (χ3n) is 6.16. The van der Waals surface area contributed by atoms with Gasteiger partial charge >= 0.3 is 5.97 Å². The summed E-state index contributed by atoms with van der Waals surface area (Å²) in [5.74, 6) is 7.33. The van der Waals surface area contributed by atoms with Crippen LogP contribution in [-0.4, -0.2) is 24.2 Å². The van der Waals surface area contributed by atoms with E-state index in [0.29, 0.717) is 19.4 Å². The number of fused-ring (bicyclic) bond motifs is 1. The summed E-state index contributed by atoms with van der Waals surface area (Å²) in [7, 11) is 0. The maximum absolute atomic E-state index is 11.5. The van der Waals surface area contributed by atoms with E-state index in [9.17, 15) is 4.79 Å². The van der Waals surface area contributed by atoms with Crippen LogP contribution < -0.4 is 4.74 Å². The summed E-state index contributed by atoms with van der Waals surface area (Å²) in [6, 6.07) is 8.23. The molecular formula is C26H31NO3. The van der Waals surface area contributed by atoms with Crippen molar-refractivity contribution in [2.45, 2.75) is 65.2 Å². The zero-order valence-corrected chi connectivity index (χ0v) is 18.5. The molecule has 4 heteroatoms. The van der Waals surface area contributed by atoms with Crippen LogP contribution in [0.3, 0.4) is 0 Å². The number of esters is 1.